The Labute approximate surface area is 58.7 Å². The van der Waals surface area contributed by atoms with Gasteiger partial charge in [-0.3, -0.25) is 0 Å². The van der Waals surface area contributed by atoms with Crippen LogP contribution in [0.4, 0.5) is 0 Å². The van der Waals surface area contributed by atoms with E-state index in [2.05, 4.69) is 0 Å². The van der Waals surface area contributed by atoms with Gasteiger partial charge >= 0.3 is 0 Å². The quantitative estimate of drug-likeness (QED) is 0.505. The Kier molecular flexibility index (Phi) is 2.65. The predicted octanol–water partition coefficient (Wildman–Crippen LogP) is -1.11. The summed E-state index contributed by atoms with van der Waals surface area (Å²) in [6.45, 7) is 1.13. The number of carboxylic acids is 1. The third-order valence-electron chi connectivity index (χ3n) is 1.27. The summed E-state index contributed by atoms with van der Waals surface area (Å²) in [7, 11) is 0. The van der Waals surface area contributed by atoms with Crippen LogP contribution in [0.1, 0.15) is 12.8 Å². The second kappa shape index (κ2) is 3.53. The highest BCUT2D eigenvalue weighted by Crippen LogP contribution is 2.08. The van der Waals surface area contributed by atoms with Crippen molar-refractivity contribution in [1.82, 2.24) is 0 Å². The van der Waals surface area contributed by atoms with E-state index >= 15 is 0 Å². The molecular formula is C6H9O4-. The first kappa shape index (κ1) is 7.50. The molecule has 4 nitrogen and oxygen atoms in total. The van der Waals surface area contributed by atoms with Gasteiger partial charge in [-0.05, 0) is 6.42 Å². The lowest BCUT2D eigenvalue weighted by Gasteiger charge is -2.07. The molecule has 0 spiro atoms. The lowest BCUT2D eigenvalue weighted by molar-refractivity contribution is -0.306. The van der Waals surface area contributed by atoms with Crippen molar-refractivity contribution in [1.29, 1.82) is 0 Å². The van der Waals surface area contributed by atoms with Crippen LogP contribution < -0.4 is 5.11 Å². The molecule has 1 fully saturated rings. The van der Waals surface area contributed by atoms with Crippen LogP contribution in [-0.2, 0) is 14.3 Å². The van der Waals surface area contributed by atoms with Crippen molar-refractivity contribution in [3.63, 3.8) is 0 Å². The van der Waals surface area contributed by atoms with Gasteiger partial charge in [0, 0.05) is 12.4 Å². The van der Waals surface area contributed by atoms with E-state index in [1.165, 1.54) is 0 Å². The minimum Gasteiger partial charge on any atom is -0.550 e. The summed E-state index contributed by atoms with van der Waals surface area (Å²) in [5.74, 6) is -1.06. The number of aliphatic carboxylic acids is 1. The number of carbonyl (C=O) groups excluding carboxylic acids is 1. The van der Waals surface area contributed by atoms with Crippen LogP contribution in [0, 0.1) is 0 Å². The van der Waals surface area contributed by atoms with Crippen LogP contribution in [-0.4, -0.2) is 25.5 Å². The van der Waals surface area contributed by atoms with Gasteiger partial charge in [-0.1, -0.05) is 0 Å². The Hall–Kier alpha value is -0.610. The Morgan fingerprint density at radius 2 is 2.10 bits per heavy atom. The van der Waals surface area contributed by atoms with Crippen molar-refractivity contribution in [3.05, 3.63) is 0 Å². The van der Waals surface area contributed by atoms with Crippen LogP contribution in [0.3, 0.4) is 0 Å². The van der Waals surface area contributed by atoms with Gasteiger partial charge in [0.15, 0.2) is 6.29 Å². The van der Waals surface area contributed by atoms with Crippen molar-refractivity contribution in [3.8, 4) is 0 Å². The molecule has 1 aliphatic heterocycles. The van der Waals surface area contributed by atoms with Gasteiger partial charge in [0.2, 0.25) is 0 Å². The molecule has 0 radical (unpaired) electrons. The largest absolute Gasteiger partial charge is 0.550 e. The number of hydrogen-bond acceptors (Lipinski definition) is 4. The minimum atomic E-state index is -1.06. The summed E-state index contributed by atoms with van der Waals surface area (Å²) in [6.07, 6.45) is 0.0744. The molecule has 0 saturated carbocycles. The average molecular weight is 145 g/mol. The molecule has 1 rings (SSSR count). The van der Waals surface area contributed by atoms with E-state index in [4.69, 9.17) is 9.47 Å². The third-order valence-corrected chi connectivity index (χ3v) is 1.27. The molecule has 0 atom stereocenters. The molecule has 0 aromatic heterocycles. The molecule has 0 aliphatic carbocycles. The molecule has 10 heavy (non-hydrogen) atoms. The van der Waals surface area contributed by atoms with Crippen LogP contribution in [0.5, 0.6) is 0 Å². The smallest absolute Gasteiger partial charge is 0.158 e. The van der Waals surface area contributed by atoms with Gasteiger partial charge in [0.25, 0.3) is 0 Å². The first-order chi connectivity index (χ1) is 4.79. The highest BCUT2D eigenvalue weighted by molar-refractivity contribution is 5.64. The lowest BCUT2D eigenvalue weighted by atomic mass is 10.3. The Bertz CT molecular complexity index is 117. The van der Waals surface area contributed by atoms with Crippen molar-refractivity contribution in [2.45, 2.75) is 19.1 Å². The van der Waals surface area contributed by atoms with Crippen LogP contribution in [0.2, 0.25) is 0 Å². The zero-order chi connectivity index (χ0) is 7.40. The van der Waals surface area contributed by atoms with Crippen LogP contribution in [0.15, 0.2) is 0 Å². The maximum absolute atomic E-state index is 9.93. The minimum absolute atomic E-state index is 0.00463. The maximum Gasteiger partial charge on any atom is 0.158 e. The van der Waals surface area contributed by atoms with Crippen molar-refractivity contribution < 1.29 is 19.4 Å². The Morgan fingerprint density at radius 3 is 2.60 bits per heavy atom. The number of ether oxygens (including phenoxy) is 2. The van der Waals surface area contributed by atoms with E-state index in [-0.39, 0.29) is 12.7 Å². The zero-order valence-corrected chi connectivity index (χ0v) is 5.54. The van der Waals surface area contributed by atoms with Gasteiger partial charge in [-0.15, -0.1) is 0 Å². The van der Waals surface area contributed by atoms with E-state index < -0.39 is 5.97 Å². The molecule has 1 heterocycles. The van der Waals surface area contributed by atoms with Crippen molar-refractivity contribution in [2.75, 3.05) is 13.2 Å². The van der Waals surface area contributed by atoms with E-state index in [0.717, 1.165) is 0 Å². The highest BCUT2D eigenvalue weighted by atomic mass is 16.7. The van der Waals surface area contributed by atoms with Crippen molar-refractivity contribution >= 4 is 5.97 Å². The molecule has 0 aromatic carbocycles. The fourth-order valence-electron chi connectivity index (χ4n) is 0.810. The van der Waals surface area contributed by atoms with Gasteiger partial charge in [0.05, 0.1) is 13.2 Å². The van der Waals surface area contributed by atoms with Crippen molar-refractivity contribution in [2.24, 2.45) is 0 Å². The lowest BCUT2D eigenvalue weighted by Crippen LogP contribution is -2.23. The predicted molar refractivity (Wildman–Crippen MR) is 29.9 cm³/mol. The number of carboxylic acid groups (broad SMARTS) is 1. The molecule has 0 bridgehead atoms. The van der Waals surface area contributed by atoms with Gasteiger partial charge in [-0.25, -0.2) is 0 Å². The summed E-state index contributed by atoms with van der Waals surface area (Å²) < 4.78 is 9.98. The molecule has 0 unspecified atom stereocenters. The molecule has 0 amide bonds. The SMILES string of the molecule is O=C([O-])CCC1OCCO1. The average Bonchev–Trinajstić information content (AvgIpc) is 2.34. The number of carbonyl (C=O) groups is 1. The van der Waals surface area contributed by atoms with Crippen LogP contribution in [0.25, 0.3) is 0 Å². The number of hydrogen-bond donors (Lipinski definition) is 0. The summed E-state index contributed by atoms with van der Waals surface area (Å²) >= 11 is 0. The second-order valence-electron chi connectivity index (χ2n) is 2.08. The first-order valence-corrected chi connectivity index (χ1v) is 3.22. The standard InChI is InChI=1S/C6H10O4/c7-5(8)1-2-6-9-3-4-10-6/h6H,1-4H2,(H,7,8)/p-1. The summed E-state index contributed by atoms with van der Waals surface area (Å²) in [5.41, 5.74) is 0. The molecule has 58 valence electrons. The Morgan fingerprint density at radius 1 is 1.50 bits per heavy atom. The molecule has 4 heteroatoms. The van der Waals surface area contributed by atoms with Gasteiger partial charge in [-0.2, -0.15) is 0 Å². The second-order valence-corrected chi connectivity index (χ2v) is 2.08. The fourth-order valence-corrected chi connectivity index (χ4v) is 0.810. The molecule has 0 N–H and O–H groups in total. The fraction of sp³-hybridized carbons (Fsp3) is 0.833. The maximum atomic E-state index is 9.93. The van der Waals surface area contributed by atoms with E-state index in [1.54, 1.807) is 0 Å². The van der Waals surface area contributed by atoms with E-state index in [0.29, 0.717) is 19.6 Å². The monoisotopic (exact) mass is 145 g/mol. The first-order valence-electron chi connectivity index (χ1n) is 3.22. The molecule has 0 aromatic rings. The Balaban J connectivity index is 2.07. The third kappa shape index (κ3) is 2.33. The molecule has 1 saturated heterocycles. The normalized spacial score (nSPS) is 19.6. The van der Waals surface area contributed by atoms with Crippen LogP contribution >= 0.6 is 0 Å². The topological polar surface area (TPSA) is 58.6 Å². The van der Waals surface area contributed by atoms with E-state index in [1.807, 2.05) is 0 Å². The summed E-state index contributed by atoms with van der Waals surface area (Å²) in [6, 6.07) is 0. The summed E-state index contributed by atoms with van der Waals surface area (Å²) in [5, 5.41) is 9.93. The zero-order valence-electron chi connectivity index (χ0n) is 5.54. The van der Waals surface area contributed by atoms with E-state index in [9.17, 15) is 9.90 Å². The molecular weight excluding hydrogens is 136 g/mol. The van der Waals surface area contributed by atoms with Gasteiger partial charge < -0.3 is 19.4 Å². The molecule has 1 aliphatic rings. The number of rotatable bonds is 3. The van der Waals surface area contributed by atoms with Gasteiger partial charge in [0.1, 0.15) is 0 Å². The summed E-state index contributed by atoms with van der Waals surface area (Å²) in [4.78, 5) is 9.93. The highest BCUT2D eigenvalue weighted by Gasteiger charge is 2.14.